The number of nitrogens with one attached hydrogen (secondary N) is 1. The Morgan fingerprint density at radius 1 is 1.25 bits per heavy atom. The summed E-state index contributed by atoms with van der Waals surface area (Å²) >= 11 is 0. The van der Waals surface area contributed by atoms with Gasteiger partial charge in [0, 0.05) is 6.04 Å². The van der Waals surface area contributed by atoms with Gasteiger partial charge in [-0.15, -0.1) is 0 Å². The van der Waals surface area contributed by atoms with Gasteiger partial charge in [0.2, 0.25) is 0 Å². The lowest BCUT2D eigenvalue weighted by molar-refractivity contribution is -0.175. The summed E-state index contributed by atoms with van der Waals surface area (Å²) in [6, 6.07) is 0.0710. The molecule has 0 amide bonds. The molecule has 0 saturated heterocycles. The van der Waals surface area contributed by atoms with Crippen molar-refractivity contribution in [2.24, 2.45) is 17.8 Å². The van der Waals surface area contributed by atoms with Crippen LogP contribution < -0.4 is 5.32 Å². The molecule has 4 unspecified atom stereocenters. The first kappa shape index (κ1) is 16.1. The Kier molecular flexibility index (Phi) is 5.73. The van der Waals surface area contributed by atoms with Crippen molar-refractivity contribution in [2.75, 3.05) is 19.8 Å². The number of hydrogen-bond donors (Lipinski definition) is 1. The molecule has 2 aliphatic rings. The summed E-state index contributed by atoms with van der Waals surface area (Å²) in [6.07, 6.45) is 3.04. The van der Waals surface area contributed by atoms with Gasteiger partial charge < -0.3 is 10.1 Å². The Labute approximate surface area is 119 Å². The van der Waals surface area contributed by atoms with Gasteiger partial charge in [0.1, 0.15) is 6.61 Å². The van der Waals surface area contributed by atoms with E-state index in [1.807, 2.05) is 0 Å². The summed E-state index contributed by atoms with van der Waals surface area (Å²) in [5.41, 5.74) is 0. The summed E-state index contributed by atoms with van der Waals surface area (Å²) < 4.78 is 41.3. The molecule has 2 saturated carbocycles. The van der Waals surface area contributed by atoms with E-state index in [1.54, 1.807) is 0 Å². The zero-order valence-corrected chi connectivity index (χ0v) is 12.2. The third kappa shape index (κ3) is 4.92. The molecule has 0 aromatic carbocycles. The van der Waals surface area contributed by atoms with Gasteiger partial charge in [0.05, 0.1) is 6.61 Å². The fraction of sp³-hybridized carbons (Fsp3) is 1.00. The smallest absolute Gasteiger partial charge is 0.370 e. The molecule has 0 heterocycles. The minimum atomic E-state index is -4.22. The maximum Gasteiger partial charge on any atom is 0.411 e. The molecule has 2 aliphatic carbocycles. The highest BCUT2D eigenvalue weighted by molar-refractivity contribution is 4.91. The Morgan fingerprint density at radius 3 is 2.60 bits per heavy atom. The normalized spacial score (nSPS) is 30.9. The summed E-state index contributed by atoms with van der Waals surface area (Å²) in [6.45, 7) is 1.96. The molecule has 5 heteroatoms. The van der Waals surface area contributed by atoms with E-state index >= 15 is 0 Å². The largest absolute Gasteiger partial charge is 0.411 e. The van der Waals surface area contributed by atoms with Crippen LogP contribution in [-0.4, -0.2) is 32.0 Å². The van der Waals surface area contributed by atoms with E-state index in [4.69, 9.17) is 4.74 Å². The van der Waals surface area contributed by atoms with E-state index in [0.29, 0.717) is 5.92 Å². The molecular formula is C15H26F3NO. The molecule has 118 valence electrons. The highest BCUT2D eigenvalue weighted by Gasteiger charge is 2.40. The third-order valence-electron chi connectivity index (χ3n) is 4.74. The molecule has 2 rings (SSSR count). The van der Waals surface area contributed by atoms with Crippen LogP contribution in [0.3, 0.4) is 0 Å². The lowest BCUT2D eigenvalue weighted by Gasteiger charge is -2.27. The molecule has 1 N–H and O–H groups in total. The summed E-state index contributed by atoms with van der Waals surface area (Å²) in [5, 5.41) is 3.35. The molecule has 4 atom stereocenters. The van der Waals surface area contributed by atoms with Gasteiger partial charge in [-0.1, -0.05) is 13.3 Å². The summed E-state index contributed by atoms with van der Waals surface area (Å²) in [4.78, 5) is 0. The predicted octanol–water partition coefficient (Wildman–Crippen LogP) is 3.76. The number of alkyl halides is 3. The Morgan fingerprint density at radius 2 is 2.05 bits per heavy atom. The van der Waals surface area contributed by atoms with Gasteiger partial charge in [-0.05, 0) is 56.4 Å². The molecule has 20 heavy (non-hydrogen) atoms. The molecule has 0 spiro atoms. The number of fused-ring (bicyclic) bond motifs is 2. The summed E-state index contributed by atoms with van der Waals surface area (Å²) in [5.74, 6) is 2.39. The van der Waals surface area contributed by atoms with Gasteiger partial charge in [-0.25, -0.2) is 0 Å². The zero-order valence-electron chi connectivity index (χ0n) is 12.2. The molecular weight excluding hydrogens is 267 g/mol. The first-order valence-electron chi connectivity index (χ1n) is 7.85. The van der Waals surface area contributed by atoms with Crippen molar-refractivity contribution in [3.05, 3.63) is 0 Å². The highest BCUT2D eigenvalue weighted by Crippen LogP contribution is 2.49. The molecule has 0 aromatic heterocycles. The molecule has 2 nitrogen and oxygen atoms in total. The van der Waals surface area contributed by atoms with Crippen LogP contribution in [0.1, 0.15) is 45.4 Å². The Bertz CT molecular complexity index is 295. The first-order chi connectivity index (χ1) is 9.48. The lowest BCUT2D eigenvalue weighted by Crippen LogP contribution is -2.37. The van der Waals surface area contributed by atoms with E-state index in [2.05, 4.69) is 12.2 Å². The second-order valence-electron chi connectivity index (χ2n) is 6.45. The average Bonchev–Trinajstić information content (AvgIpc) is 2.96. The number of ether oxygens (including phenoxy) is 1. The van der Waals surface area contributed by atoms with E-state index in [0.717, 1.165) is 31.2 Å². The van der Waals surface area contributed by atoms with Crippen molar-refractivity contribution in [2.45, 2.75) is 57.7 Å². The molecule has 2 fully saturated rings. The minimum Gasteiger partial charge on any atom is -0.370 e. The second kappa shape index (κ2) is 7.12. The number of halogens is 3. The van der Waals surface area contributed by atoms with E-state index in [1.165, 1.54) is 25.7 Å². The fourth-order valence-corrected chi connectivity index (χ4v) is 3.91. The monoisotopic (exact) mass is 293 g/mol. The van der Waals surface area contributed by atoms with Crippen LogP contribution >= 0.6 is 0 Å². The second-order valence-corrected chi connectivity index (χ2v) is 6.45. The van der Waals surface area contributed by atoms with Gasteiger partial charge in [0.15, 0.2) is 0 Å². The van der Waals surface area contributed by atoms with Crippen molar-refractivity contribution in [1.29, 1.82) is 0 Å². The van der Waals surface area contributed by atoms with Crippen molar-refractivity contribution < 1.29 is 17.9 Å². The standard InChI is InChI=1S/C15H26F3NO/c1-2-5-19-14(9-20-10-15(16,17)18)8-13-7-11-3-4-12(13)6-11/h11-14,19H,2-10H2,1H3. The minimum absolute atomic E-state index is 0.0710. The topological polar surface area (TPSA) is 21.3 Å². The van der Waals surface area contributed by atoms with Crippen LogP contribution in [0.25, 0.3) is 0 Å². The van der Waals surface area contributed by atoms with Crippen LogP contribution in [0.15, 0.2) is 0 Å². The van der Waals surface area contributed by atoms with Gasteiger partial charge in [-0.3, -0.25) is 0 Å². The lowest BCUT2D eigenvalue weighted by atomic mass is 9.84. The molecule has 0 radical (unpaired) electrons. The Balaban J connectivity index is 1.74. The maximum atomic E-state index is 12.1. The third-order valence-corrected chi connectivity index (χ3v) is 4.74. The van der Waals surface area contributed by atoms with Crippen LogP contribution in [0.4, 0.5) is 13.2 Å². The van der Waals surface area contributed by atoms with Gasteiger partial charge >= 0.3 is 6.18 Å². The van der Waals surface area contributed by atoms with Crippen molar-refractivity contribution in [3.63, 3.8) is 0 Å². The SMILES string of the molecule is CCCNC(COCC(F)(F)F)CC1CC2CCC1C2. The van der Waals surface area contributed by atoms with Crippen LogP contribution in [-0.2, 0) is 4.74 Å². The van der Waals surface area contributed by atoms with Crippen molar-refractivity contribution in [1.82, 2.24) is 5.32 Å². The van der Waals surface area contributed by atoms with Crippen molar-refractivity contribution >= 4 is 0 Å². The molecule has 2 bridgehead atoms. The van der Waals surface area contributed by atoms with Crippen LogP contribution in [0, 0.1) is 17.8 Å². The quantitative estimate of drug-likeness (QED) is 0.736. The fourth-order valence-electron chi connectivity index (χ4n) is 3.91. The zero-order chi connectivity index (χ0) is 14.6. The first-order valence-corrected chi connectivity index (χ1v) is 7.85. The van der Waals surface area contributed by atoms with E-state index in [-0.39, 0.29) is 12.6 Å². The van der Waals surface area contributed by atoms with Gasteiger partial charge in [0.25, 0.3) is 0 Å². The van der Waals surface area contributed by atoms with Crippen LogP contribution in [0.5, 0.6) is 0 Å². The van der Waals surface area contributed by atoms with Crippen molar-refractivity contribution in [3.8, 4) is 0 Å². The van der Waals surface area contributed by atoms with E-state index in [9.17, 15) is 13.2 Å². The van der Waals surface area contributed by atoms with E-state index < -0.39 is 12.8 Å². The predicted molar refractivity (Wildman–Crippen MR) is 72.5 cm³/mol. The van der Waals surface area contributed by atoms with Crippen LogP contribution in [0.2, 0.25) is 0 Å². The Hall–Kier alpha value is -0.290. The molecule has 0 aromatic rings. The van der Waals surface area contributed by atoms with Gasteiger partial charge in [-0.2, -0.15) is 13.2 Å². The number of hydrogen-bond acceptors (Lipinski definition) is 2. The maximum absolute atomic E-state index is 12.1. The summed E-state index contributed by atoms with van der Waals surface area (Å²) in [7, 11) is 0. The average molecular weight is 293 g/mol. The molecule has 0 aliphatic heterocycles. The number of rotatable bonds is 8. The highest BCUT2D eigenvalue weighted by atomic mass is 19.4.